The van der Waals surface area contributed by atoms with Crippen LogP contribution in [0.2, 0.25) is 0 Å². The van der Waals surface area contributed by atoms with Crippen molar-refractivity contribution in [2.45, 2.75) is 39.9 Å². The van der Waals surface area contributed by atoms with E-state index < -0.39 is 20.1 Å². The molecule has 0 aliphatic carbocycles. The number of hydrogen-bond donors (Lipinski definition) is 1. The third kappa shape index (κ3) is 14.0. The van der Waals surface area contributed by atoms with Crippen molar-refractivity contribution in [1.82, 2.24) is 0 Å². The first-order valence-corrected chi connectivity index (χ1v) is 8.40. The van der Waals surface area contributed by atoms with Crippen LogP contribution in [0.25, 0.3) is 0 Å². The van der Waals surface area contributed by atoms with Crippen molar-refractivity contribution in [3.8, 4) is 0 Å². The summed E-state index contributed by atoms with van der Waals surface area (Å²) in [5.41, 5.74) is 0. The number of rotatable bonds is 10. The first kappa shape index (κ1) is 21.6. The van der Waals surface area contributed by atoms with Crippen molar-refractivity contribution in [2.75, 3.05) is 26.4 Å². The summed E-state index contributed by atoms with van der Waals surface area (Å²) in [6.07, 6.45) is -2.49. The topological polar surface area (TPSA) is 127 Å². The molecule has 0 heterocycles. The van der Waals surface area contributed by atoms with Gasteiger partial charge in [0.2, 0.25) is 0 Å². The predicted octanol–water partition coefficient (Wildman–Crippen LogP) is 2.24. The maximum atomic E-state index is 11.4. The van der Waals surface area contributed by atoms with Crippen LogP contribution in [0.4, 0.5) is 9.59 Å². The molecule has 136 valence electrons. The van der Waals surface area contributed by atoms with Gasteiger partial charge in [0.1, 0.15) is 13.2 Å². The molecule has 0 spiro atoms. The Hall–Kier alpha value is -1.35. The molecule has 0 amide bonds. The van der Waals surface area contributed by atoms with Crippen LogP contribution in [0.1, 0.15) is 27.7 Å². The van der Waals surface area contributed by atoms with E-state index in [2.05, 4.69) is 28.0 Å². The molecule has 23 heavy (non-hydrogen) atoms. The summed E-state index contributed by atoms with van der Waals surface area (Å²) in [4.78, 5) is 31.3. The molecule has 1 N–H and O–H groups in total. The molecule has 0 unspecified atom stereocenters. The number of carbonyl (C=O) groups is 2. The molecule has 0 radical (unpaired) electrons. The molecule has 0 bridgehead atoms. The van der Waals surface area contributed by atoms with Gasteiger partial charge in [0.15, 0.2) is 0 Å². The fraction of sp³-hybridized carbons (Fsp3) is 0.833. The molecule has 0 aliphatic heterocycles. The molecule has 0 aromatic heterocycles. The van der Waals surface area contributed by atoms with Crippen LogP contribution in [0.3, 0.4) is 0 Å². The first-order chi connectivity index (χ1) is 10.6. The summed E-state index contributed by atoms with van der Waals surface area (Å²) in [6.45, 7) is 5.29. The quantitative estimate of drug-likeness (QED) is 0.353. The van der Waals surface area contributed by atoms with Gasteiger partial charge in [0, 0.05) is 0 Å². The zero-order chi connectivity index (χ0) is 17.9. The third-order valence-electron chi connectivity index (χ3n) is 1.78. The van der Waals surface area contributed by atoms with Crippen molar-refractivity contribution in [3.05, 3.63) is 0 Å². The van der Waals surface area contributed by atoms with Crippen LogP contribution in [-0.4, -0.2) is 55.8 Å². The van der Waals surface area contributed by atoms with Crippen LogP contribution < -0.4 is 0 Å². The Balaban J connectivity index is 3.75. The van der Waals surface area contributed by atoms with Crippen molar-refractivity contribution >= 4 is 20.1 Å². The second-order valence-corrected chi connectivity index (χ2v) is 6.12. The van der Waals surface area contributed by atoms with E-state index >= 15 is 0 Å². The monoisotopic (exact) mass is 358 g/mol. The lowest BCUT2D eigenvalue weighted by Crippen LogP contribution is -2.16. The highest BCUT2D eigenvalue weighted by molar-refractivity contribution is 7.47. The molecule has 0 aliphatic rings. The molecule has 0 aromatic rings. The van der Waals surface area contributed by atoms with E-state index in [4.69, 9.17) is 0 Å². The number of carbonyl (C=O) groups excluding carboxylic acids is 2. The fourth-order valence-electron chi connectivity index (χ4n) is 1.05. The van der Waals surface area contributed by atoms with Crippen LogP contribution in [0, 0.1) is 0 Å². The van der Waals surface area contributed by atoms with Crippen LogP contribution in [0.5, 0.6) is 0 Å². The summed E-state index contributed by atoms with van der Waals surface area (Å²) in [5.74, 6) is 0. The van der Waals surface area contributed by atoms with E-state index in [1.54, 1.807) is 27.7 Å². The average molecular weight is 358 g/mol. The van der Waals surface area contributed by atoms with E-state index in [-0.39, 0.29) is 38.6 Å². The number of ether oxygens (including phenoxy) is 4. The highest BCUT2D eigenvalue weighted by atomic mass is 31.2. The molecule has 0 aromatic carbocycles. The largest absolute Gasteiger partial charge is 0.508 e. The summed E-state index contributed by atoms with van der Waals surface area (Å²) in [6, 6.07) is 0. The molecule has 0 saturated heterocycles. The van der Waals surface area contributed by atoms with Gasteiger partial charge in [0.25, 0.3) is 0 Å². The smallest absolute Gasteiger partial charge is 0.432 e. The highest BCUT2D eigenvalue weighted by Gasteiger charge is 2.21. The predicted molar refractivity (Wildman–Crippen MR) is 76.9 cm³/mol. The Morgan fingerprint density at radius 3 is 1.48 bits per heavy atom. The minimum atomic E-state index is -4.33. The van der Waals surface area contributed by atoms with Gasteiger partial charge < -0.3 is 23.8 Å². The van der Waals surface area contributed by atoms with Crippen LogP contribution in [0.15, 0.2) is 0 Å². The molecule has 0 atom stereocenters. The summed E-state index contributed by atoms with van der Waals surface area (Å²) < 4.78 is 39.0. The van der Waals surface area contributed by atoms with E-state index in [0.29, 0.717) is 0 Å². The minimum absolute atomic E-state index is 0.281. The third-order valence-corrected chi connectivity index (χ3v) is 2.80. The Bertz CT molecular complexity index is 375. The van der Waals surface area contributed by atoms with Crippen molar-refractivity contribution in [3.63, 3.8) is 0 Å². The lowest BCUT2D eigenvalue weighted by atomic mass is 10.5. The zero-order valence-electron chi connectivity index (χ0n) is 13.6. The number of phosphoric ester groups is 1. The summed E-state index contributed by atoms with van der Waals surface area (Å²) in [7, 11) is -4.33. The highest BCUT2D eigenvalue weighted by Crippen LogP contribution is 2.42. The Kier molecular flexibility index (Phi) is 10.6. The number of phosphoric acid groups is 1. The Morgan fingerprint density at radius 2 is 1.17 bits per heavy atom. The second kappa shape index (κ2) is 11.2. The van der Waals surface area contributed by atoms with E-state index in [1.807, 2.05) is 0 Å². The van der Waals surface area contributed by atoms with Gasteiger partial charge in [-0.15, -0.1) is 0 Å². The van der Waals surface area contributed by atoms with Crippen molar-refractivity contribution in [1.29, 1.82) is 0 Å². The first-order valence-electron chi connectivity index (χ1n) is 6.91. The van der Waals surface area contributed by atoms with Crippen molar-refractivity contribution in [2.24, 2.45) is 0 Å². The van der Waals surface area contributed by atoms with Crippen LogP contribution in [-0.2, 0) is 32.6 Å². The Labute approximate surface area is 134 Å². The molecular formula is C12H23O10P. The van der Waals surface area contributed by atoms with Gasteiger partial charge in [-0.1, -0.05) is 0 Å². The molecule has 0 saturated carbocycles. The van der Waals surface area contributed by atoms with E-state index in [9.17, 15) is 19.0 Å². The van der Waals surface area contributed by atoms with E-state index in [0.717, 1.165) is 0 Å². The lowest BCUT2D eigenvalue weighted by Gasteiger charge is -2.13. The molecule has 11 heteroatoms. The van der Waals surface area contributed by atoms with Crippen molar-refractivity contribution < 1.29 is 47.0 Å². The fourth-order valence-corrected chi connectivity index (χ4v) is 1.73. The molecular weight excluding hydrogens is 335 g/mol. The van der Waals surface area contributed by atoms with E-state index in [1.165, 1.54) is 0 Å². The molecule has 0 rings (SSSR count). The number of hydrogen-bond acceptors (Lipinski definition) is 9. The van der Waals surface area contributed by atoms with Gasteiger partial charge in [-0.3, -0.25) is 9.05 Å². The van der Waals surface area contributed by atoms with Gasteiger partial charge >= 0.3 is 20.1 Å². The maximum Gasteiger partial charge on any atom is 0.508 e. The summed E-state index contributed by atoms with van der Waals surface area (Å²) in [5, 5.41) is 0. The SMILES string of the molecule is CC(C)OC(=O)OCCOP(=O)(O)OCCOC(=O)OC(C)C. The average Bonchev–Trinajstić information content (AvgIpc) is 2.38. The lowest BCUT2D eigenvalue weighted by molar-refractivity contribution is 0.0172. The second-order valence-electron chi connectivity index (χ2n) is 4.67. The Morgan fingerprint density at radius 1 is 0.826 bits per heavy atom. The zero-order valence-corrected chi connectivity index (χ0v) is 14.4. The molecule has 0 fully saturated rings. The van der Waals surface area contributed by atoms with Gasteiger partial charge in [-0.2, -0.15) is 0 Å². The van der Waals surface area contributed by atoms with Gasteiger partial charge in [0.05, 0.1) is 25.4 Å². The maximum absolute atomic E-state index is 11.4. The standard InChI is InChI=1S/C12H23O10P/c1-9(2)21-11(13)17-5-7-19-23(15,16)20-8-6-18-12(14)22-10(3)4/h9-10H,5-8H2,1-4H3,(H,15,16). The minimum Gasteiger partial charge on any atom is -0.432 e. The molecule has 10 nitrogen and oxygen atoms in total. The van der Waals surface area contributed by atoms with Crippen LogP contribution >= 0.6 is 7.82 Å². The van der Waals surface area contributed by atoms with Gasteiger partial charge in [-0.05, 0) is 27.7 Å². The normalized spacial score (nSPS) is 11.4. The van der Waals surface area contributed by atoms with Gasteiger partial charge in [-0.25, -0.2) is 14.2 Å². The summed E-state index contributed by atoms with van der Waals surface area (Å²) >= 11 is 0.